The van der Waals surface area contributed by atoms with E-state index in [1.807, 2.05) is 19.1 Å². The number of ether oxygens (including phenoxy) is 2. The minimum atomic E-state index is -3.90. The van der Waals surface area contributed by atoms with Gasteiger partial charge in [-0.1, -0.05) is 56.9 Å². The Bertz CT molecular complexity index is 1550. The molecule has 0 radical (unpaired) electrons. The van der Waals surface area contributed by atoms with Gasteiger partial charge in [0.05, 0.1) is 18.4 Å². The molecule has 0 aromatic heterocycles. The monoisotopic (exact) mass is 701 g/mol. The van der Waals surface area contributed by atoms with Gasteiger partial charge in [-0.3, -0.25) is 24.4 Å². The van der Waals surface area contributed by atoms with Gasteiger partial charge in [0.1, 0.15) is 23.7 Å². The van der Waals surface area contributed by atoms with Crippen molar-refractivity contribution in [2.75, 3.05) is 18.5 Å². The maximum Gasteiger partial charge on any atom is 0.411 e. The van der Waals surface area contributed by atoms with Crippen molar-refractivity contribution in [3.63, 3.8) is 0 Å². The highest BCUT2D eigenvalue weighted by atomic mass is 32.2. The summed E-state index contributed by atoms with van der Waals surface area (Å²) in [5, 5.41) is 7.55. The van der Waals surface area contributed by atoms with Crippen molar-refractivity contribution in [2.24, 2.45) is 5.92 Å². The molecule has 2 bridgehead atoms. The first kappa shape index (κ1) is 36.1. The Balaban J connectivity index is 1.39. The predicted molar refractivity (Wildman–Crippen MR) is 180 cm³/mol. The molecule has 2 heterocycles. The van der Waals surface area contributed by atoms with Crippen molar-refractivity contribution in [1.29, 1.82) is 0 Å². The van der Waals surface area contributed by atoms with Crippen LogP contribution in [0.4, 0.5) is 15.3 Å². The third-order valence-corrected chi connectivity index (χ3v) is 11.5. The Hall–Kier alpha value is -4.14. The molecule has 1 aromatic rings. The van der Waals surface area contributed by atoms with Crippen LogP contribution in [-0.4, -0.2) is 85.4 Å². The molecule has 0 spiro atoms. The minimum Gasteiger partial charge on any atom is -0.450 e. The van der Waals surface area contributed by atoms with Crippen molar-refractivity contribution in [3.8, 4) is 0 Å². The van der Waals surface area contributed by atoms with Crippen LogP contribution < -0.4 is 20.7 Å². The van der Waals surface area contributed by atoms with Gasteiger partial charge in [0.25, 0.3) is 5.91 Å². The summed E-state index contributed by atoms with van der Waals surface area (Å²) in [5.41, 5.74) is -0.0353. The molecule has 49 heavy (non-hydrogen) atoms. The van der Waals surface area contributed by atoms with E-state index in [1.165, 1.54) is 11.0 Å². The number of para-hydroxylation sites is 1. The number of benzene rings is 1. The molecule has 2 saturated carbocycles. The molecule has 268 valence electrons. The molecular weight excluding hydrogens is 654 g/mol. The lowest BCUT2D eigenvalue weighted by atomic mass is 10.0. The number of alkyl carbamates (subject to hydrolysis) is 1. The van der Waals surface area contributed by atoms with Crippen LogP contribution >= 0.6 is 0 Å². The molecule has 1 aromatic carbocycles. The Morgan fingerprint density at radius 3 is 2.57 bits per heavy atom. The van der Waals surface area contributed by atoms with E-state index >= 15 is 0 Å². The van der Waals surface area contributed by atoms with E-state index in [0.717, 1.165) is 31.2 Å². The van der Waals surface area contributed by atoms with E-state index in [-0.39, 0.29) is 32.4 Å². The van der Waals surface area contributed by atoms with Crippen LogP contribution in [0.25, 0.3) is 0 Å². The first-order valence-corrected chi connectivity index (χ1v) is 18.8. The number of unbranched alkanes of at least 4 members (excludes halogenated alkanes) is 1. The van der Waals surface area contributed by atoms with Gasteiger partial charge in [-0.05, 0) is 56.6 Å². The molecule has 4 N–H and O–H groups in total. The van der Waals surface area contributed by atoms with Gasteiger partial charge >= 0.3 is 12.2 Å². The van der Waals surface area contributed by atoms with Gasteiger partial charge in [0.2, 0.25) is 21.8 Å². The lowest BCUT2D eigenvalue weighted by Crippen LogP contribution is -2.58. The quantitative estimate of drug-likeness (QED) is 0.280. The number of cyclic esters (lactones) is 1. The van der Waals surface area contributed by atoms with Crippen LogP contribution in [-0.2, 0) is 40.3 Å². The van der Waals surface area contributed by atoms with Crippen LogP contribution in [0.5, 0.6) is 0 Å². The fourth-order valence-corrected chi connectivity index (χ4v) is 7.89. The SMILES string of the molecule is C=C[C@H]1C[C@]1(NC(=O)[C@@H]1C[C@@H]2CN1C(=O)[C@H](CCCC)NC(=O)OCCCCCCc1ccccc1NC(=O)O2)C(=O)NS(=O)(=O)C1CC1. The number of hydrogen-bond donors (Lipinski definition) is 4. The van der Waals surface area contributed by atoms with Crippen LogP contribution in [0.15, 0.2) is 36.9 Å². The Morgan fingerprint density at radius 1 is 1.10 bits per heavy atom. The number of rotatable bonds is 9. The Labute approximate surface area is 287 Å². The fourth-order valence-electron chi connectivity index (χ4n) is 6.53. The van der Waals surface area contributed by atoms with E-state index in [1.54, 1.807) is 12.1 Å². The molecule has 1 saturated heterocycles. The highest BCUT2D eigenvalue weighted by Crippen LogP contribution is 2.45. The number of anilines is 1. The molecule has 5 atom stereocenters. The highest BCUT2D eigenvalue weighted by Gasteiger charge is 2.62. The summed E-state index contributed by atoms with van der Waals surface area (Å²) in [7, 11) is -3.90. The molecule has 2 aliphatic carbocycles. The first-order valence-electron chi connectivity index (χ1n) is 17.3. The van der Waals surface area contributed by atoms with Crippen molar-refractivity contribution in [2.45, 2.75) is 113 Å². The largest absolute Gasteiger partial charge is 0.450 e. The molecule has 2 aliphatic heterocycles. The molecule has 0 unspecified atom stereocenters. The summed E-state index contributed by atoms with van der Waals surface area (Å²) >= 11 is 0. The number of amides is 5. The molecule has 15 heteroatoms. The minimum absolute atomic E-state index is 0.0889. The van der Waals surface area contributed by atoms with Gasteiger partial charge < -0.3 is 25.0 Å². The lowest BCUT2D eigenvalue weighted by Gasteiger charge is -2.29. The zero-order valence-corrected chi connectivity index (χ0v) is 28.7. The standard InChI is InChI=1S/C34H47N5O9S/c1-3-5-14-27-30(41)39-21-24(19-28(39)29(40)37-34(20-23(34)4-2)31(42)38-49(45,46)25-16-17-25)48-33(44)35-26-15-10-9-13-22(26)12-8-6-7-11-18-47-32(43)36-27/h4,9-10,13,15,23-25,27-28H,2-3,5-8,11-12,14,16-21H2,1H3,(H,35,44)(H,36,43)(H,37,40)(H,38,42)/t23-,24+,27-,28-,34+/m0/s1. The Morgan fingerprint density at radius 2 is 1.86 bits per heavy atom. The van der Waals surface area contributed by atoms with Gasteiger partial charge in [0.15, 0.2) is 0 Å². The summed E-state index contributed by atoms with van der Waals surface area (Å²) in [6.07, 6.45) is 5.60. The maximum atomic E-state index is 14.1. The second-order valence-electron chi connectivity index (χ2n) is 13.4. The number of carbonyl (C=O) groups is 5. The summed E-state index contributed by atoms with van der Waals surface area (Å²) < 4.78 is 38.4. The first-order chi connectivity index (χ1) is 23.5. The summed E-state index contributed by atoms with van der Waals surface area (Å²) in [4.78, 5) is 68.6. The number of nitrogens with one attached hydrogen (secondary N) is 4. The smallest absolute Gasteiger partial charge is 0.411 e. The lowest BCUT2D eigenvalue weighted by molar-refractivity contribution is -0.141. The van der Waals surface area contributed by atoms with E-state index in [9.17, 15) is 32.4 Å². The molecule has 5 rings (SSSR count). The van der Waals surface area contributed by atoms with Crippen LogP contribution in [0, 0.1) is 5.92 Å². The van der Waals surface area contributed by atoms with Gasteiger partial charge in [-0.25, -0.2) is 18.0 Å². The van der Waals surface area contributed by atoms with Crippen LogP contribution in [0.1, 0.15) is 83.1 Å². The normalized spacial score (nSPS) is 28.2. The fraction of sp³-hybridized carbons (Fsp3) is 0.618. The number of sulfonamides is 1. The average molecular weight is 702 g/mol. The van der Waals surface area contributed by atoms with E-state index < -0.39 is 74.8 Å². The molecule has 4 aliphatic rings. The van der Waals surface area contributed by atoms with E-state index in [0.29, 0.717) is 37.8 Å². The number of fused-ring (bicyclic) bond motifs is 3. The average Bonchev–Trinajstić information content (AvgIpc) is 3.99. The van der Waals surface area contributed by atoms with Crippen molar-refractivity contribution >= 4 is 45.6 Å². The second kappa shape index (κ2) is 15.6. The predicted octanol–water partition coefficient (Wildman–Crippen LogP) is 3.28. The van der Waals surface area contributed by atoms with Gasteiger partial charge in [-0.15, -0.1) is 6.58 Å². The van der Waals surface area contributed by atoms with Gasteiger partial charge in [0, 0.05) is 18.0 Å². The number of aryl methyl sites for hydroxylation is 1. The maximum absolute atomic E-state index is 14.1. The highest BCUT2D eigenvalue weighted by molar-refractivity contribution is 7.91. The van der Waals surface area contributed by atoms with E-state index in [2.05, 4.69) is 27.3 Å². The van der Waals surface area contributed by atoms with Crippen LogP contribution in [0.3, 0.4) is 0 Å². The Kier molecular flexibility index (Phi) is 11.5. The third-order valence-electron chi connectivity index (χ3n) is 9.64. The topological polar surface area (TPSA) is 189 Å². The van der Waals surface area contributed by atoms with Crippen molar-refractivity contribution in [1.82, 2.24) is 20.3 Å². The molecular formula is C34H47N5O9S. The number of hydrogen-bond acceptors (Lipinski definition) is 9. The molecule has 5 amide bonds. The van der Waals surface area contributed by atoms with Crippen molar-refractivity contribution in [3.05, 3.63) is 42.5 Å². The number of nitrogens with zero attached hydrogens (tertiary/aromatic N) is 1. The number of carbonyl (C=O) groups excluding carboxylic acids is 5. The summed E-state index contributed by atoms with van der Waals surface area (Å²) in [6.45, 7) is 5.71. The summed E-state index contributed by atoms with van der Waals surface area (Å²) in [5.74, 6) is -2.67. The molecule has 14 nitrogen and oxygen atoms in total. The van der Waals surface area contributed by atoms with Crippen molar-refractivity contribution < 1.29 is 41.9 Å². The molecule has 3 fully saturated rings. The zero-order chi connectivity index (χ0) is 35.2. The van der Waals surface area contributed by atoms with E-state index in [4.69, 9.17) is 9.47 Å². The van der Waals surface area contributed by atoms with Gasteiger partial charge in [-0.2, -0.15) is 0 Å². The second-order valence-corrected chi connectivity index (χ2v) is 15.3. The van der Waals surface area contributed by atoms with Crippen LogP contribution in [0.2, 0.25) is 0 Å². The zero-order valence-electron chi connectivity index (χ0n) is 27.9. The third kappa shape index (κ3) is 8.91. The summed E-state index contributed by atoms with van der Waals surface area (Å²) in [6, 6.07) is 5.18.